The molecule has 1 aromatic heterocycles. The summed E-state index contributed by atoms with van der Waals surface area (Å²) in [6.45, 7) is 2.23. The SMILES string of the molecule is Cc1ccc(-n2c(C=Cc3cc4c(cc3Br)OCO4)nc3ccccc3c2=O)cc1. The highest BCUT2D eigenvalue weighted by molar-refractivity contribution is 9.10. The number of halogens is 1. The zero-order chi connectivity index (χ0) is 20.7. The predicted octanol–water partition coefficient (Wildman–Crippen LogP) is 5.36. The first kappa shape index (κ1) is 18.6. The molecular formula is C24H17BrN2O3. The van der Waals surface area contributed by atoms with Gasteiger partial charge in [0.05, 0.1) is 16.6 Å². The number of aromatic nitrogens is 2. The summed E-state index contributed by atoms with van der Waals surface area (Å²) in [5.41, 5.74) is 3.36. The predicted molar refractivity (Wildman–Crippen MR) is 121 cm³/mol. The molecule has 0 bridgehead atoms. The normalized spacial score (nSPS) is 12.7. The van der Waals surface area contributed by atoms with Crippen molar-refractivity contribution in [3.63, 3.8) is 0 Å². The summed E-state index contributed by atoms with van der Waals surface area (Å²) in [6, 6.07) is 19.0. The Hall–Kier alpha value is -3.38. The van der Waals surface area contributed by atoms with Gasteiger partial charge in [-0.1, -0.05) is 51.8 Å². The standard InChI is InChI=1S/C24H17BrN2O3/c1-15-6-9-17(10-7-15)27-23(26-20-5-3-2-4-18(20)24(27)28)11-8-16-12-21-22(13-19(16)25)30-14-29-21/h2-13H,14H2,1H3. The highest BCUT2D eigenvalue weighted by Crippen LogP contribution is 2.37. The molecule has 30 heavy (non-hydrogen) atoms. The molecule has 1 aliphatic heterocycles. The molecule has 0 N–H and O–H groups in total. The third-order valence-corrected chi connectivity index (χ3v) is 5.68. The van der Waals surface area contributed by atoms with Gasteiger partial charge < -0.3 is 9.47 Å². The number of aryl methyl sites for hydroxylation is 1. The van der Waals surface area contributed by atoms with Crippen LogP contribution in [0.1, 0.15) is 17.0 Å². The number of nitrogens with zero attached hydrogens (tertiary/aromatic N) is 2. The van der Waals surface area contributed by atoms with Crippen LogP contribution in [0.3, 0.4) is 0 Å². The van der Waals surface area contributed by atoms with E-state index in [0.29, 0.717) is 28.2 Å². The fourth-order valence-corrected chi connectivity index (χ4v) is 3.88. The van der Waals surface area contributed by atoms with E-state index in [1.807, 2.05) is 73.7 Å². The van der Waals surface area contributed by atoms with Crippen molar-refractivity contribution < 1.29 is 9.47 Å². The quantitative estimate of drug-likeness (QED) is 0.413. The number of hydrogen-bond acceptors (Lipinski definition) is 4. The van der Waals surface area contributed by atoms with Gasteiger partial charge >= 0.3 is 0 Å². The molecule has 0 spiro atoms. The molecule has 0 fully saturated rings. The molecule has 3 aromatic carbocycles. The van der Waals surface area contributed by atoms with E-state index in [-0.39, 0.29) is 12.4 Å². The van der Waals surface area contributed by atoms with Crippen molar-refractivity contribution >= 4 is 39.0 Å². The molecule has 0 aliphatic carbocycles. The van der Waals surface area contributed by atoms with E-state index in [4.69, 9.17) is 14.5 Å². The summed E-state index contributed by atoms with van der Waals surface area (Å²) in [7, 11) is 0. The van der Waals surface area contributed by atoms with E-state index in [0.717, 1.165) is 21.3 Å². The highest BCUT2D eigenvalue weighted by atomic mass is 79.9. The number of ether oxygens (including phenoxy) is 2. The summed E-state index contributed by atoms with van der Waals surface area (Å²) < 4.78 is 13.4. The number of para-hydroxylation sites is 1. The Morgan fingerprint density at radius 3 is 2.53 bits per heavy atom. The first-order valence-corrected chi connectivity index (χ1v) is 10.3. The van der Waals surface area contributed by atoms with Gasteiger partial charge in [0.2, 0.25) is 6.79 Å². The van der Waals surface area contributed by atoms with E-state index in [2.05, 4.69) is 15.9 Å². The Morgan fingerprint density at radius 2 is 1.73 bits per heavy atom. The van der Waals surface area contributed by atoms with Gasteiger partial charge in [-0.2, -0.15) is 0 Å². The molecule has 0 saturated carbocycles. The van der Waals surface area contributed by atoms with Crippen LogP contribution in [0, 0.1) is 6.92 Å². The molecule has 0 unspecified atom stereocenters. The molecule has 2 heterocycles. The van der Waals surface area contributed by atoms with Crippen molar-refractivity contribution in [2.45, 2.75) is 6.92 Å². The van der Waals surface area contributed by atoms with Gasteiger partial charge in [0.25, 0.3) is 5.56 Å². The smallest absolute Gasteiger partial charge is 0.266 e. The lowest BCUT2D eigenvalue weighted by Crippen LogP contribution is -2.22. The van der Waals surface area contributed by atoms with Crippen molar-refractivity contribution in [3.05, 3.63) is 92.4 Å². The molecule has 0 radical (unpaired) electrons. The monoisotopic (exact) mass is 460 g/mol. The first-order chi connectivity index (χ1) is 14.6. The second-order valence-electron chi connectivity index (χ2n) is 7.02. The Kier molecular flexibility index (Phi) is 4.64. The van der Waals surface area contributed by atoms with E-state index >= 15 is 0 Å². The summed E-state index contributed by atoms with van der Waals surface area (Å²) in [6.07, 6.45) is 3.75. The number of rotatable bonds is 3. The Morgan fingerprint density at radius 1 is 1.00 bits per heavy atom. The van der Waals surface area contributed by atoms with Gasteiger partial charge in [-0.25, -0.2) is 4.98 Å². The molecule has 0 saturated heterocycles. The van der Waals surface area contributed by atoms with Crippen molar-refractivity contribution in [3.8, 4) is 17.2 Å². The number of benzene rings is 3. The van der Waals surface area contributed by atoms with Gasteiger partial charge in [0, 0.05) is 4.47 Å². The number of fused-ring (bicyclic) bond motifs is 2. The largest absolute Gasteiger partial charge is 0.454 e. The summed E-state index contributed by atoms with van der Waals surface area (Å²) in [5.74, 6) is 1.95. The van der Waals surface area contributed by atoms with Gasteiger partial charge in [0.15, 0.2) is 11.5 Å². The fraction of sp³-hybridized carbons (Fsp3) is 0.0833. The molecule has 0 atom stereocenters. The molecule has 5 rings (SSSR count). The third-order valence-electron chi connectivity index (χ3n) is 5.00. The summed E-state index contributed by atoms with van der Waals surface area (Å²) in [5, 5.41) is 0.583. The molecule has 6 heteroatoms. The van der Waals surface area contributed by atoms with Crippen molar-refractivity contribution in [2.75, 3.05) is 6.79 Å². The lowest BCUT2D eigenvalue weighted by Gasteiger charge is -2.12. The Balaban J connectivity index is 1.68. The number of hydrogen-bond donors (Lipinski definition) is 0. The molecule has 0 amide bonds. The van der Waals surface area contributed by atoms with Crippen LogP contribution in [0.25, 0.3) is 28.7 Å². The zero-order valence-electron chi connectivity index (χ0n) is 16.1. The fourth-order valence-electron chi connectivity index (χ4n) is 3.43. The highest BCUT2D eigenvalue weighted by Gasteiger charge is 2.16. The van der Waals surface area contributed by atoms with Crippen molar-refractivity contribution in [1.29, 1.82) is 0 Å². The molecule has 148 valence electrons. The van der Waals surface area contributed by atoms with Crippen LogP contribution in [0.15, 0.2) is 69.9 Å². The van der Waals surface area contributed by atoms with Crippen LogP contribution in [0.4, 0.5) is 0 Å². The first-order valence-electron chi connectivity index (χ1n) is 9.46. The molecule has 5 nitrogen and oxygen atoms in total. The van der Waals surface area contributed by atoms with Gasteiger partial charge in [-0.3, -0.25) is 9.36 Å². The van der Waals surface area contributed by atoms with Crippen LogP contribution in [0.2, 0.25) is 0 Å². The van der Waals surface area contributed by atoms with Crippen LogP contribution in [-0.4, -0.2) is 16.3 Å². The minimum Gasteiger partial charge on any atom is -0.454 e. The van der Waals surface area contributed by atoms with Crippen LogP contribution < -0.4 is 15.0 Å². The van der Waals surface area contributed by atoms with Gasteiger partial charge in [-0.05, 0) is 55.0 Å². The lowest BCUT2D eigenvalue weighted by molar-refractivity contribution is 0.174. The van der Waals surface area contributed by atoms with E-state index in [9.17, 15) is 4.79 Å². The maximum atomic E-state index is 13.3. The van der Waals surface area contributed by atoms with E-state index < -0.39 is 0 Å². The molecular weight excluding hydrogens is 444 g/mol. The second-order valence-corrected chi connectivity index (χ2v) is 7.88. The lowest BCUT2D eigenvalue weighted by atomic mass is 10.1. The van der Waals surface area contributed by atoms with Crippen molar-refractivity contribution in [1.82, 2.24) is 9.55 Å². The average molecular weight is 461 g/mol. The molecule has 1 aliphatic rings. The van der Waals surface area contributed by atoms with Gasteiger partial charge in [-0.15, -0.1) is 0 Å². The Bertz CT molecular complexity index is 1360. The second kappa shape index (κ2) is 7.46. The van der Waals surface area contributed by atoms with Gasteiger partial charge in [0.1, 0.15) is 5.82 Å². The third kappa shape index (κ3) is 3.29. The maximum absolute atomic E-state index is 13.3. The Labute approximate surface area is 181 Å². The minimum atomic E-state index is -0.103. The summed E-state index contributed by atoms with van der Waals surface area (Å²) >= 11 is 3.57. The zero-order valence-corrected chi connectivity index (χ0v) is 17.7. The molecule has 4 aromatic rings. The minimum absolute atomic E-state index is 0.103. The topological polar surface area (TPSA) is 53.4 Å². The summed E-state index contributed by atoms with van der Waals surface area (Å²) in [4.78, 5) is 18.1. The van der Waals surface area contributed by atoms with Crippen LogP contribution in [-0.2, 0) is 0 Å². The van der Waals surface area contributed by atoms with E-state index in [1.165, 1.54) is 0 Å². The average Bonchev–Trinajstić information content (AvgIpc) is 3.20. The van der Waals surface area contributed by atoms with E-state index in [1.54, 1.807) is 10.6 Å². The maximum Gasteiger partial charge on any atom is 0.266 e. The van der Waals surface area contributed by atoms with Crippen molar-refractivity contribution in [2.24, 2.45) is 0 Å². The van der Waals surface area contributed by atoms with Crippen LogP contribution in [0.5, 0.6) is 11.5 Å². The van der Waals surface area contributed by atoms with Crippen LogP contribution >= 0.6 is 15.9 Å².